The fourth-order valence-corrected chi connectivity index (χ4v) is 2.12. The van der Waals surface area contributed by atoms with E-state index in [1.165, 1.54) is 12.1 Å². The van der Waals surface area contributed by atoms with Gasteiger partial charge in [-0.1, -0.05) is 12.1 Å². The third-order valence-electron chi connectivity index (χ3n) is 3.26. The van der Waals surface area contributed by atoms with Crippen LogP contribution in [0.4, 0.5) is 4.39 Å². The maximum absolute atomic E-state index is 13.4. The fraction of sp³-hybridized carbons (Fsp3) is 0.500. The molecule has 2 rings (SSSR count). The number of ether oxygens (including phenoxy) is 1. The molecule has 1 amide bonds. The second-order valence-electron chi connectivity index (χ2n) is 4.75. The minimum absolute atomic E-state index is 0.0837. The van der Waals surface area contributed by atoms with Crippen LogP contribution in [0.1, 0.15) is 19.8 Å². The van der Waals surface area contributed by atoms with E-state index in [1.54, 1.807) is 24.0 Å². The highest BCUT2D eigenvalue weighted by atomic mass is 19.1. The van der Waals surface area contributed by atoms with Crippen LogP contribution in [-0.2, 0) is 4.79 Å². The number of aliphatic hydroxyl groups is 1. The molecule has 1 aromatic carbocycles. The number of halogens is 1. The smallest absolute Gasteiger partial charge is 0.263 e. The van der Waals surface area contributed by atoms with Crippen molar-refractivity contribution in [2.24, 2.45) is 0 Å². The molecule has 0 saturated carbocycles. The number of aliphatic hydroxyl groups excluding tert-OH is 1. The molecule has 1 N–H and O–H groups in total. The van der Waals surface area contributed by atoms with Crippen LogP contribution in [0.3, 0.4) is 0 Å². The lowest BCUT2D eigenvalue weighted by atomic mass is 10.1. The van der Waals surface area contributed by atoms with Crippen molar-refractivity contribution in [2.45, 2.75) is 32.0 Å². The number of nitrogens with zero attached hydrogens (tertiary/aromatic N) is 1. The summed E-state index contributed by atoms with van der Waals surface area (Å²) in [5, 5.41) is 9.40. The predicted molar refractivity (Wildman–Crippen MR) is 68.3 cm³/mol. The van der Waals surface area contributed by atoms with Crippen LogP contribution in [0.25, 0.3) is 0 Å². The Morgan fingerprint density at radius 3 is 2.68 bits per heavy atom. The van der Waals surface area contributed by atoms with E-state index in [9.17, 15) is 14.3 Å². The predicted octanol–water partition coefficient (Wildman–Crippen LogP) is 1.58. The maximum atomic E-state index is 13.4. The summed E-state index contributed by atoms with van der Waals surface area (Å²) in [7, 11) is 0. The summed E-state index contributed by atoms with van der Waals surface area (Å²) in [6.07, 6.45) is 0.107. The molecule has 104 valence electrons. The molecule has 0 bridgehead atoms. The Labute approximate surface area is 111 Å². The number of carbonyl (C=O) groups is 1. The molecule has 1 atom stereocenters. The van der Waals surface area contributed by atoms with Crippen LogP contribution in [-0.4, -0.2) is 41.2 Å². The van der Waals surface area contributed by atoms with Gasteiger partial charge in [-0.2, -0.15) is 0 Å². The standard InChI is InChI=1S/C14H18FNO3/c1-10(19-13-5-3-2-4-12(13)15)14(18)16-8-6-11(17)7-9-16/h2-5,10-11,17H,6-9H2,1H3. The summed E-state index contributed by atoms with van der Waals surface area (Å²) in [5.74, 6) is -0.563. The van der Waals surface area contributed by atoms with E-state index in [-0.39, 0.29) is 17.8 Å². The molecule has 0 aliphatic carbocycles. The summed E-state index contributed by atoms with van der Waals surface area (Å²) in [5.41, 5.74) is 0. The molecule has 1 aliphatic heterocycles. The van der Waals surface area contributed by atoms with Gasteiger partial charge in [-0.05, 0) is 31.9 Å². The number of hydrogen-bond donors (Lipinski definition) is 1. The molecule has 1 unspecified atom stereocenters. The van der Waals surface area contributed by atoms with Crippen molar-refractivity contribution in [1.29, 1.82) is 0 Å². The monoisotopic (exact) mass is 267 g/mol. The van der Waals surface area contributed by atoms with Crippen molar-refractivity contribution in [3.8, 4) is 5.75 Å². The minimum Gasteiger partial charge on any atom is -0.478 e. The zero-order chi connectivity index (χ0) is 13.8. The van der Waals surface area contributed by atoms with Crippen molar-refractivity contribution < 1.29 is 19.0 Å². The van der Waals surface area contributed by atoms with Gasteiger partial charge in [-0.15, -0.1) is 0 Å². The van der Waals surface area contributed by atoms with Crippen molar-refractivity contribution >= 4 is 5.91 Å². The lowest BCUT2D eigenvalue weighted by Crippen LogP contribution is -2.45. The Kier molecular flexibility index (Phi) is 4.37. The third kappa shape index (κ3) is 3.44. The summed E-state index contributed by atoms with van der Waals surface area (Å²) >= 11 is 0. The molecule has 0 radical (unpaired) electrons. The van der Waals surface area contributed by atoms with Crippen molar-refractivity contribution in [3.05, 3.63) is 30.1 Å². The number of rotatable bonds is 3. The van der Waals surface area contributed by atoms with Gasteiger partial charge in [0, 0.05) is 13.1 Å². The van der Waals surface area contributed by atoms with Gasteiger partial charge in [0.1, 0.15) is 0 Å². The third-order valence-corrected chi connectivity index (χ3v) is 3.26. The van der Waals surface area contributed by atoms with E-state index in [2.05, 4.69) is 0 Å². The van der Waals surface area contributed by atoms with Gasteiger partial charge in [-0.3, -0.25) is 4.79 Å². The van der Waals surface area contributed by atoms with Crippen LogP contribution in [0.15, 0.2) is 24.3 Å². The largest absolute Gasteiger partial charge is 0.478 e. The summed E-state index contributed by atoms with van der Waals surface area (Å²) in [6.45, 7) is 2.65. The van der Waals surface area contributed by atoms with E-state index < -0.39 is 11.9 Å². The van der Waals surface area contributed by atoms with Crippen molar-refractivity contribution in [2.75, 3.05) is 13.1 Å². The fourth-order valence-electron chi connectivity index (χ4n) is 2.12. The topological polar surface area (TPSA) is 49.8 Å². The Bertz CT molecular complexity index is 444. The SMILES string of the molecule is CC(Oc1ccccc1F)C(=O)N1CCC(O)CC1. The molecular formula is C14H18FNO3. The Hall–Kier alpha value is -1.62. The molecule has 4 nitrogen and oxygen atoms in total. The first-order valence-electron chi connectivity index (χ1n) is 6.46. The molecule has 0 spiro atoms. The molecule has 1 aromatic rings. The number of piperidine rings is 1. The highest BCUT2D eigenvalue weighted by molar-refractivity contribution is 5.81. The van der Waals surface area contributed by atoms with Gasteiger partial charge in [0.05, 0.1) is 6.10 Å². The maximum Gasteiger partial charge on any atom is 0.263 e. The van der Waals surface area contributed by atoms with Gasteiger partial charge in [0.15, 0.2) is 17.7 Å². The van der Waals surface area contributed by atoms with Gasteiger partial charge >= 0.3 is 0 Å². The lowest BCUT2D eigenvalue weighted by Gasteiger charge is -2.31. The van der Waals surface area contributed by atoms with Gasteiger partial charge in [0.2, 0.25) is 0 Å². The molecular weight excluding hydrogens is 249 g/mol. The minimum atomic E-state index is -0.729. The van der Waals surface area contributed by atoms with E-state index in [1.807, 2.05) is 0 Å². The average molecular weight is 267 g/mol. The van der Waals surface area contributed by atoms with Crippen LogP contribution in [0, 0.1) is 5.82 Å². The Morgan fingerprint density at radius 1 is 1.42 bits per heavy atom. The van der Waals surface area contributed by atoms with Crippen molar-refractivity contribution in [3.63, 3.8) is 0 Å². The molecule has 1 heterocycles. The molecule has 1 fully saturated rings. The van der Waals surface area contributed by atoms with E-state index in [0.717, 1.165) is 0 Å². The normalized spacial score (nSPS) is 18.2. The van der Waals surface area contributed by atoms with E-state index >= 15 is 0 Å². The van der Waals surface area contributed by atoms with E-state index in [4.69, 9.17) is 4.74 Å². The zero-order valence-electron chi connectivity index (χ0n) is 10.9. The van der Waals surface area contributed by atoms with Gasteiger partial charge in [-0.25, -0.2) is 4.39 Å². The Morgan fingerprint density at radius 2 is 2.05 bits per heavy atom. The molecule has 1 saturated heterocycles. The zero-order valence-corrected chi connectivity index (χ0v) is 10.9. The lowest BCUT2D eigenvalue weighted by molar-refractivity contribution is -0.140. The first kappa shape index (κ1) is 13.8. The van der Waals surface area contributed by atoms with Crippen LogP contribution >= 0.6 is 0 Å². The second-order valence-corrected chi connectivity index (χ2v) is 4.75. The average Bonchev–Trinajstić information content (AvgIpc) is 2.41. The van der Waals surface area contributed by atoms with Gasteiger partial charge < -0.3 is 14.7 Å². The Balaban J connectivity index is 1.94. The number of benzene rings is 1. The summed E-state index contributed by atoms with van der Waals surface area (Å²) in [6, 6.07) is 6.02. The van der Waals surface area contributed by atoms with Crippen LogP contribution in [0.5, 0.6) is 5.75 Å². The number of amides is 1. The molecule has 1 aliphatic rings. The van der Waals surface area contributed by atoms with Crippen LogP contribution < -0.4 is 4.74 Å². The molecule has 5 heteroatoms. The summed E-state index contributed by atoms with van der Waals surface area (Å²) in [4.78, 5) is 13.8. The number of carbonyl (C=O) groups excluding carboxylic acids is 1. The summed E-state index contributed by atoms with van der Waals surface area (Å²) < 4.78 is 18.8. The first-order valence-corrected chi connectivity index (χ1v) is 6.46. The molecule has 0 aromatic heterocycles. The number of hydrogen-bond acceptors (Lipinski definition) is 3. The quantitative estimate of drug-likeness (QED) is 0.904. The number of likely N-dealkylation sites (tertiary alicyclic amines) is 1. The van der Waals surface area contributed by atoms with Crippen molar-refractivity contribution in [1.82, 2.24) is 4.90 Å². The van der Waals surface area contributed by atoms with E-state index in [0.29, 0.717) is 25.9 Å². The highest BCUT2D eigenvalue weighted by Gasteiger charge is 2.26. The van der Waals surface area contributed by atoms with Crippen LogP contribution in [0.2, 0.25) is 0 Å². The number of para-hydroxylation sites is 1. The van der Waals surface area contributed by atoms with Gasteiger partial charge in [0.25, 0.3) is 5.91 Å². The second kappa shape index (κ2) is 6.02. The first-order chi connectivity index (χ1) is 9.08. The molecule has 19 heavy (non-hydrogen) atoms. The highest BCUT2D eigenvalue weighted by Crippen LogP contribution is 2.18.